The fourth-order valence-corrected chi connectivity index (χ4v) is 1.70. The fourth-order valence-electron chi connectivity index (χ4n) is 1.70. The first kappa shape index (κ1) is 11.7. The van der Waals surface area contributed by atoms with Crippen molar-refractivity contribution in [1.29, 1.82) is 0 Å². The second-order valence-electron chi connectivity index (χ2n) is 3.50. The summed E-state index contributed by atoms with van der Waals surface area (Å²) in [5.41, 5.74) is 5.66. The summed E-state index contributed by atoms with van der Waals surface area (Å²) in [6, 6.07) is 0.104. The van der Waals surface area contributed by atoms with Gasteiger partial charge in [-0.15, -0.1) is 12.4 Å². The molecule has 0 saturated heterocycles. The van der Waals surface area contributed by atoms with Crippen molar-refractivity contribution in [2.75, 3.05) is 0 Å². The molecule has 3 nitrogen and oxygen atoms in total. The highest BCUT2D eigenvalue weighted by atomic mass is 35.5. The van der Waals surface area contributed by atoms with Crippen LogP contribution in [-0.2, 0) is 4.79 Å². The van der Waals surface area contributed by atoms with Crippen molar-refractivity contribution in [2.24, 2.45) is 17.6 Å². The zero-order chi connectivity index (χ0) is 8.43. The maximum atomic E-state index is 10.7. The molecule has 0 aliphatic heterocycles. The first-order valence-electron chi connectivity index (χ1n) is 4.09. The van der Waals surface area contributed by atoms with Gasteiger partial charge < -0.3 is 10.8 Å². The summed E-state index contributed by atoms with van der Waals surface area (Å²) in [5.74, 6) is -0.598. The highest BCUT2D eigenvalue weighted by Crippen LogP contribution is 2.28. The molecule has 3 N–H and O–H groups in total. The monoisotopic (exact) mass is 193 g/mol. The van der Waals surface area contributed by atoms with Crippen LogP contribution in [0.3, 0.4) is 0 Å². The predicted octanol–water partition coefficient (Wildman–Crippen LogP) is 1.26. The summed E-state index contributed by atoms with van der Waals surface area (Å²) in [7, 11) is 0. The molecule has 0 aromatic rings. The highest BCUT2D eigenvalue weighted by Gasteiger charge is 2.30. The van der Waals surface area contributed by atoms with E-state index in [0.29, 0.717) is 12.3 Å². The molecule has 0 aromatic carbocycles. The number of carboxylic acid groups (broad SMARTS) is 1. The molecule has 4 heteroatoms. The maximum Gasteiger partial charge on any atom is 0.306 e. The summed E-state index contributed by atoms with van der Waals surface area (Å²) >= 11 is 0. The van der Waals surface area contributed by atoms with Gasteiger partial charge in [0, 0.05) is 6.04 Å². The number of carboxylic acids is 1. The lowest BCUT2D eigenvalue weighted by Crippen LogP contribution is -2.36. The van der Waals surface area contributed by atoms with E-state index < -0.39 is 5.97 Å². The van der Waals surface area contributed by atoms with E-state index in [0.717, 1.165) is 12.8 Å². The SMILES string of the molecule is CC1CCC(N)CC1C(=O)O.Cl. The van der Waals surface area contributed by atoms with Crippen molar-refractivity contribution < 1.29 is 9.90 Å². The topological polar surface area (TPSA) is 63.3 Å². The number of aliphatic carboxylic acids is 1. The number of hydrogen-bond donors (Lipinski definition) is 2. The Morgan fingerprint density at radius 3 is 2.50 bits per heavy atom. The van der Waals surface area contributed by atoms with Gasteiger partial charge in [-0.2, -0.15) is 0 Å². The largest absolute Gasteiger partial charge is 0.481 e. The van der Waals surface area contributed by atoms with E-state index in [9.17, 15) is 4.79 Å². The summed E-state index contributed by atoms with van der Waals surface area (Å²) < 4.78 is 0. The first-order chi connectivity index (χ1) is 5.11. The maximum absolute atomic E-state index is 10.7. The van der Waals surface area contributed by atoms with Gasteiger partial charge in [0.25, 0.3) is 0 Å². The van der Waals surface area contributed by atoms with Crippen molar-refractivity contribution in [2.45, 2.75) is 32.2 Å². The number of halogens is 1. The lowest BCUT2D eigenvalue weighted by molar-refractivity contribution is -0.144. The van der Waals surface area contributed by atoms with Crippen LogP contribution in [0, 0.1) is 11.8 Å². The van der Waals surface area contributed by atoms with Crippen LogP contribution >= 0.6 is 12.4 Å². The standard InChI is InChI=1S/C8H15NO2.ClH/c1-5-2-3-6(9)4-7(5)8(10)11;/h5-7H,2-4,9H2,1H3,(H,10,11);1H. The van der Waals surface area contributed by atoms with Gasteiger partial charge in [0.2, 0.25) is 0 Å². The third-order valence-corrected chi connectivity index (χ3v) is 2.55. The van der Waals surface area contributed by atoms with E-state index in [4.69, 9.17) is 10.8 Å². The average molecular weight is 194 g/mol. The van der Waals surface area contributed by atoms with Crippen molar-refractivity contribution in [1.82, 2.24) is 0 Å². The van der Waals surface area contributed by atoms with E-state index in [1.807, 2.05) is 6.92 Å². The van der Waals surface area contributed by atoms with Crippen molar-refractivity contribution >= 4 is 18.4 Å². The van der Waals surface area contributed by atoms with Gasteiger partial charge in [-0.3, -0.25) is 4.79 Å². The number of carbonyl (C=O) groups is 1. The van der Waals surface area contributed by atoms with Gasteiger partial charge in [0.05, 0.1) is 5.92 Å². The second kappa shape index (κ2) is 4.67. The molecule has 1 aliphatic carbocycles. The Bertz CT molecular complexity index is 163. The lowest BCUT2D eigenvalue weighted by atomic mass is 9.78. The number of rotatable bonds is 1. The third kappa shape index (κ3) is 2.64. The summed E-state index contributed by atoms with van der Waals surface area (Å²) in [6.07, 6.45) is 2.58. The molecular formula is C8H16ClNO2. The van der Waals surface area contributed by atoms with Crippen molar-refractivity contribution in [3.8, 4) is 0 Å². The van der Waals surface area contributed by atoms with Gasteiger partial charge in [-0.1, -0.05) is 6.92 Å². The molecular weight excluding hydrogens is 178 g/mol. The zero-order valence-electron chi connectivity index (χ0n) is 7.19. The van der Waals surface area contributed by atoms with Gasteiger partial charge in [0.1, 0.15) is 0 Å². The van der Waals surface area contributed by atoms with Crippen LogP contribution < -0.4 is 5.73 Å². The quantitative estimate of drug-likeness (QED) is 0.659. The molecule has 12 heavy (non-hydrogen) atoms. The molecule has 0 bridgehead atoms. The van der Waals surface area contributed by atoms with Gasteiger partial charge >= 0.3 is 5.97 Å². The van der Waals surface area contributed by atoms with Crippen LogP contribution in [0.25, 0.3) is 0 Å². The molecule has 0 amide bonds. The van der Waals surface area contributed by atoms with Gasteiger partial charge in [0.15, 0.2) is 0 Å². The van der Waals surface area contributed by atoms with E-state index in [2.05, 4.69) is 0 Å². The Morgan fingerprint density at radius 1 is 1.50 bits per heavy atom. The van der Waals surface area contributed by atoms with Gasteiger partial charge in [-0.25, -0.2) is 0 Å². The van der Waals surface area contributed by atoms with Crippen LogP contribution in [0.4, 0.5) is 0 Å². The molecule has 72 valence electrons. The minimum atomic E-state index is -0.687. The second-order valence-corrected chi connectivity index (χ2v) is 3.50. The van der Waals surface area contributed by atoms with Crippen LogP contribution in [0.5, 0.6) is 0 Å². The summed E-state index contributed by atoms with van der Waals surface area (Å²) in [4.78, 5) is 10.7. The van der Waals surface area contributed by atoms with E-state index >= 15 is 0 Å². The molecule has 1 rings (SSSR count). The van der Waals surface area contributed by atoms with Crippen molar-refractivity contribution in [3.05, 3.63) is 0 Å². The highest BCUT2D eigenvalue weighted by molar-refractivity contribution is 5.85. The molecule has 0 aromatic heterocycles. The van der Waals surface area contributed by atoms with Crippen molar-refractivity contribution in [3.63, 3.8) is 0 Å². The minimum Gasteiger partial charge on any atom is -0.481 e. The Morgan fingerprint density at radius 2 is 2.08 bits per heavy atom. The third-order valence-electron chi connectivity index (χ3n) is 2.55. The van der Waals surface area contributed by atoms with Crippen LogP contribution in [0.15, 0.2) is 0 Å². The Hall–Kier alpha value is -0.280. The Kier molecular flexibility index (Phi) is 4.57. The summed E-state index contributed by atoms with van der Waals surface area (Å²) in [5, 5.41) is 8.77. The molecule has 1 saturated carbocycles. The van der Waals surface area contributed by atoms with E-state index in [-0.39, 0.29) is 24.4 Å². The molecule has 3 unspecified atom stereocenters. The molecule has 0 heterocycles. The fraction of sp³-hybridized carbons (Fsp3) is 0.875. The molecule has 1 fully saturated rings. The summed E-state index contributed by atoms with van der Waals surface area (Å²) in [6.45, 7) is 1.99. The normalized spacial score (nSPS) is 35.3. The van der Waals surface area contributed by atoms with Crippen LogP contribution in [-0.4, -0.2) is 17.1 Å². The minimum absolute atomic E-state index is 0. The van der Waals surface area contributed by atoms with E-state index in [1.54, 1.807) is 0 Å². The smallest absolute Gasteiger partial charge is 0.306 e. The average Bonchev–Trinajstić information content (AvgIpc) is 1.94. The molecule has 3 atom stereocenters. The Labute approximate surface area is 78.7 Å². The zero-order valence-corrected chi connectivity index (χ0v) is 8.01. The first-order valence-corrected chi connectivity index (χ1v) is 4.09. The lowest BCUT2D eigenvalue weighted by Gasteiger charge is -2.29. The van der Waals surface area contributed by atoms with Gasteiger partial charge in [-0.05, 0) is 25.2 Å². The van der Waals surface area contributed by atoms with E-state index in [1.165, 1.54) is 0 Å². The molecule has 0 spiro atoms. The Balaban J connectivity index is 0.00000121. The van der Waals surface area contributed by atoms with Crippen LogP contribution in [0.1, 0.15) is 26.2 Å². The van der Waals surface area contributed by atoms with Crippen LogP contribution in [0.2, 0.25) is 0 Å². The molecule has 0 radical (unpaired) electrons. The number of hydrogen-bond acceptors (Lipinski definition) is 2. The molecule has 1 aliphatic rings. The predicted molar refractivity (Wildman–Crippen MR) is 49.4 cm³/mol. The number of nitrogens with two attached hydrogens (primary N) is 1.